The molecule has 8 heteroatoms. The smallest absolute Gasteiger partial charge is 0.226 e. The van der Waals surface area contributed by atoms with Gasteiger partial charge in [0, 0.05) is 50.8 Å². The van der Waals surface area contributed by atoms with Crippen molar-refractivity contribution in [3.8, 4) is 11.5 Å². The van der Waals surface area contributed by atoms with E-state index < -0.39 is 0 Å². The molecule has 3 heterocycles. The van der Waals surface area contributed by atoms with Crippen molar-refractivity contribution in [3.05, 3.63) is 53.3 Å². The third-order valence-electron chi connectivity index (χ3n) is 5.13. The van der Waals surface area contributed by atoms with Crippen LogP contribution in [0.1, 0.15) is 17.0 Å². The normalized spacial score (nSPS) is 14.5. The molecule has 1 aliphatic rings. The van der Waals surface area contributed by atoms with E-state index in [1.54, 1.807) is 18.4 Å². The Hall–Kier alpha value is -2.71. The highest BCUT2D eigenvalue weighted by Crippen LogP contribution is 2.24. The van der Waals surface area contributed by atoms with Gasteiger partial charge in [-0.1, -0.05) is 0 Å². The van der Waals surface area contributed by atoms with Gasteiger partial charge in [-0.3, -0.25) is 4.68 Å². The van der Waals surface area contributed by atoms with Crippen LogP contribution >= 0.6 is 0 Å². The molecule has 1 saturated heterocycles. The highest BCUT2D eigenvalue weighted by Gasteiger charge is 2.21. The van der Waals surface area contributed by atoms with Gasteiger partial charge in [-0.25, -0.2) is 9.37 Å². The van der Waals surface area contributed by atoms with Crippen LogP contribution in [0.3, 0.4) is 0 Å². The molecule has 0 aliphatic carbocycles. The van der Waals surface area contributed by atoms with Gasteiger partial charge in [0.2, 0.25) is 5.89 Å². The number of hydrogen-bond donors (Lipinski definition) is 1. The first-order valence-electron chi connectivity index (χ1n) is 9.88. The number of aromatic nitrogens is 3. The number of hydrogen-bond acceptors (Lipinski definition) is 6. The van der Waals surface area contributed by atoms with Gasteiger partial charge in [-0.15, -0.1) is 0 Å². The van der Waals surface area contributed by atoms with Crippen LogP contribution in [-0.2, 0) is 24.8 Å². The van der Waals surface area contributed by atoms with E-state index in [1.165, 1.54) is 23.5 Å². The van der Waals surface area contributed by atoms with Crippen molar-refractivity contribution in [2.24, 2.45) is 7.05 Å². The number of ether oxygens (including phenoxy) is 1. The highest BCUT2D eigenvalue weighted by atomic mass is 19.1. The fraction of sp³-hybridized carbons (Fsp3) is 0.429. The quantitative estimate of drug-likeness (QED) is 0.616. The standard InChI is InChI=1S/C21H26FN5O2/c1-15-19(21(26(2)25-15)27-9-11-28-12-10-27)13-23-8-7-18-14-29-20(24-18)16-3-5-17(22)6-4-16/h3-6,14,23H,7-13H2,1-2H3. The first-order valence-corrected chi connectivity index (χ1v) is 9.88. The van der Waals surface area contributed by atoms with Crippen LogP contribution in [-0.4, -0.2) is 47.6 Å². The zero-order chi connectivity index (χ0) is 20.2. The SMILES string of the molecule is Cc1nn(C)c(N2CCOCC2)c1CNCCc1coc(-c2ccc(F)cc2)n1. The maximum Gasteiger partial charge on any atom is 0.226 e. The Kier molecular flexibility index (Phi) is 5.92. The summed E-state index contributed by atoms with van der Waals surface area (Å²) in [5.41, 5.74) is 3.91. The molecule has 1 N–H and O–H groups in total. The van der Waals surface area contributed by atoms with Crippen molar-refractivity contribution >= 4 is 5.82 Å². The molecule has 0 saturated carbocycles. The minimum atomic E-state index is -0.271. The second kappa shape index (κ2) is 8.75. The van der Waals surface area contributed by atoms with Crippen LogP contribution < -0.4 is 10.2 Å². The summed E-state index contributed by atoms with van der Waals surface area (Å²) in [5.74, 6) is 1.41. The number of morpholine rings is 1. The molecule has 4 rings (SSSR count). The lowest BCUT2D eigenvalue weighted by atomic mass is 10.2. The molecular formula is C21H26FN5O2. The molecule has 3 aromatic rings. The first kappa shape index (κ1) is 19.6. The summed E-state index contributed by atoms with van der Waals surface area (Å²) in [6.45, 7) is 6.84. The molecule has 29 heavy (non-hydrogen) atoms. The molecule has 1 fully saturated rings. The summed E-state index contributed by atoms with van der Waals surface area (Å²) in [4.78, 5) is 6.84. The van der Waals surface area contributed by atoms with E-state index in [4.69, 9.17) is 9.15 Å². The van der Waals surface area contributed by atoms with Crippen LogP contribution in [0.15, 0.2) is 34.9 Å². The predicted octanol–water partition coefficient (Wildman–Crippen LogP) is 2.69. The summed E-state index contributed by atoms with van der Waals surface area (Å²) >= 11 is 0. The Morgan fingerprint density at radius 3 is 2.69 bits per heavy atom. The van der Waals surface area contributed by atoms with E-state index in [-0.39, 0.29) is 5.82 Å². The Morgan fingerprint density at radius 1 is 1.17 bits per heavy atom. The number of oxazole rings is 1. The van der Waals surface area contributed by atoms with Gasteiger partial charge >= 0.3 is 0 Å². The summed E-state index contributed by atoms with van der Waals surface area (Å²) in [5, 5.41) is 8.10. The number of rotatable bonds is 7. The molecule has 154 valence electrons. The number of aryl methyl sites for hydroxylation is 2. The number of halogens is 1. The number of nitrogens with zero attached hydrogens (tertiary/aromatic N) is 4. The second-order valence-corrected chi connectivity index (χ2v) is 7.19. The van der Waals surface area contributed by atoms with E-state index in [0.717, 1.165) is 62.8 Å². The van der Waals surface area contributed by atoms with Crippen molar-refractivity contribution < 1.29 is 13.5 Å². The van der Waals surface area contributed by atoms with Crippen LogP contribution in [0.25, 0.3) is 11.5 Å². The Morgan fingerprint density at radius 2 is 1.93 bits per heavy atom. The molecule has 0 spiro atoms. The topological polar surface area (TPSA) is 68.3 Å². The lowest BCUT2D eigenvalue weighted by Gasteiger charge is -2.29. The van der Waals surface area contributed by atoms with Crippen LogP contribution in [0.2, 0.25) is 0 Å². The molecular weight excluding hydrogens is 373 g/mol. The molecule has 0 radical (unpaired) electrons. The highest BCUT2D eigenvalue weighted by molar-refractivity contribution is 5.53. The maximum absolute atomic E-state index is 13.1. The maximum atomic E-state index is 13.1. The summed E-state index contributed by atoms with van der Waals surface area (Å²) in [6, 6.07) is 6.15. The van der Waals surface area contributed by atoms with Crippen LogP contribution in [0.4, 0.5) is 10.2 Å². The fourth-order valence-electron chi connectivity index (χ4n) is 3.64. The van der Waals surface area contributed by atoms with Gasteiger partial charge in [0.25, 0.3) is 0 Å². The van der Waals surface area contributed by atoms with E-state index in [0.29, 0.717) is 5.89 Å². The molecule has 1 aliphatic heterocycles. The van der Waals surface area contributed by atoms with E-state index >= 15 is 0 Å². The molecule has 2 aromatic heterocycles. The molecule has 1 aromatic carbocycles. The van der Waals surface area contributed by atoms with Gasteiger partial charge in [-0.2, -0.15) is 5.10 Å². The number of anilines is 1. The Labute approximate surface area is 169 Å². The van der Waals surface area contributed by atoms with Crippen molar-refractivity contribution in [1.82, 2.24) is 20.1 Å². The van der Waals surface area contributed by atoms with Crippen molar-refractivity contribution in [3.63, 3.8) is 0 Å². The van der Waals surface area contributed by atoms with Gasteiger partial charge in [0.15, 0.2) is 0 Å². The molecule has 0 unspecified atom stereocenters. The van der Waals surface area contributed by atoms with E-state index in [1.807, 2.05) is 18.7 Å². The lowest BCUT2D eigenvalue weighted by Crippen LogP contribution is -2.38. The Bertz CT molecular complexity index is 945. The minimum Gasteiger partial charge on any atom is -0.444 e. The van der Waals surface area contributed by atoms with Gasteiger partial charge in [0.05, 0.1) is 24.6 Å². The van der Waals surface area contributed by atoms with Crippen molar-refractivity contribution in [1.29, 1.82) is 0 Å². The summed E-state index contributed by atoms with van der Waals surface area (Å²) in [6.07, 6.45) is 2.41. The van der Waals surface area contributed by atoms with E-state index in [2.05, 4.69) is 20.3 Å². The van der Waals surface area contributed by atoms with Crippen LogP contribution in [0, 0.1) is 12.7 Å². The van der Waals surface area contributed by atoms with Crippen LogP contribution in [0.5, 0.6) is 0 Å². The molecule has 7 nitrogen and oxygen atoms in total. The second-order valence-electron chi connectivity index (χ2n) is 7.19. The van der Waals surface area contributed by atoms with Crippen molar-refractivity contribution in [2.75, 3.05) is 37.7 Å². The molecule has 0 bridgehead atoms. The minimum absolute atomic E-state index is 0.271. The average molecular weight is 399 g/mol. The largest absolute Gasteiger partial charge is 0.444 e. The lowest BCUT2D eigenvalue weighted by molar-refractivity contribution is 0.122. The third kappa shape index (κ3) is 4.49. The number of benzene rings is 1. The fourth-order valence-corrected chi connectivity index (χ4v) is 3.64. The summed E-state index contributed by atoms with van der Waals surface area (Å²) in [7, 11) is 1.99. The molecule has 0 amide bonds. The van der Waals surface area contributed by atoms with Gasteiger partial charge in [-0.05, 0) is 31.2 Å². The number of nitrogens with one attached hydrogen (secondary N) is 1. The predicted molar refractivity (Wildman–Crippen MR) is 108 cm³/mol. The zero-order valence-corrected chi connectivity index (χ0v) is 16.8. The first-order chi connectivity index (χ1) is 14.1. The average Bonchev–Trinajstić information content (AvgIpc) is 3.30. The Balaban J connectivity index is 1.34. The zero-order valence-electron chi connectivity index (χ0n) is 16.8. The monoisotopic (exact) mass is 399 g/mol. The molecule has 0 atom stereocenters. The third-order valence-corrected chi connectivity index (χ3v) is 5.13. The van der Waals surface area contributed by atoms with Crippen molar-refractivity contribution in [2.45, 2.75) is 19.9 Å². The van der Waals surface area contributed by atoms with Gasteiger partial charge in [0.1, 0.15) is 17.9 Å². The summed E-state index contributed by atoms with van der Waals surface area (Å²) < 4.78 is 26.0. The van der Waals surface area contributed by atoms with Gasteiger partial charge < -0.3 is 19.4 Å². The van der Waals surface area contributed by atoms with E-state index in [9.17, 15) is 4.39 Å².